The number of sulfonamides is 1. The van der Waals surface area contributed by atoms with Crippen LogP contribution in [0.25, 0.3) is 0 Å². The Kier molecular flexibility index (Phi) is 5.77. The number of carbonyl (C=O) groups is 1. The van der Waals surface area contributed by atoms with Crippen LogP contribution in [0.1, 0.15) is 6.92 Å². The predicted octanol–water partition coefficient (Wildman–Crippen LogP) is -0.166. The molecule has 0 amide bonds. The van der Waals surface area contributed by atoms with Gasteiger partial charge in [0.05, 0.1) is 31.4 Å². The molecule has 19 heavy (non-hydrogen) atoms. The Morgan fingerprint density at radius 3 is 2.89 bits per heavy atom. The summed E-state index contributed by atoms with van der Waals surface area (Å²) in [6.07, 6.45) is 2.73. The number of hydrogen-bond acceptors (Lipinski definition) is 6. The maximum atomic E-state index is 11.6. The van der Waals surface area contributed by atoms with Gasteiger partial charge in [0.2, 0.25) is 10.0 Å². The lowest BCUT2D eigenvalue weighted by molar-refractivity contribution is -0.141. The molecule has 0 unspecified atom stereocenters. The van der Waals surface area contributed by atoms with Crippen molar-refractivity contribution in [2.45, 2.75) is 13.5 Å². The fourth-order valence-corrected chi connectivity index (χ4v) is 2.15. The Balaban J connectivity index is 2.55. The number of esters is 1. The van der Waals surface area contributed by atoms with E-state index in [2.05, 4.69) is 14.6 Å². The molecule has 8 nitrogen and oxygen atoms in total. The van der Waals surface area contributed by atoms with Crippen molar-refractivity contribution in [3.63, 3.8) is 0 Å². The van der Waals surface area contributed by atoms with Gasteiger partial charge in [-0.25, -0.2) is 8.42 Å². The molecule has 0 saturated carbocycles. The van der Waals surface area contributed by atoms with Crippen molar-refractivity contribution in [1.82, 2.24) is 9.78 Å². The fourth-order valence-electron chi connectivity index (χ4n) is 1.24. The second-order valence-electron chi connectivity index (χ2n) is 3.62. The molecule has 0 fully saturated rings. The fraction of sp³-hybridized carbons (Fsp3) is 0.600. The summed E-state index contributed by atoms with van der Waals surface area (Å²) in [5.41, 5.74) is 0.292. The topological polar surface area (TPSA) is 99.5 Å². The molecular formula is C10H17N3O5S. The van der Waals surface area contributed by atoms with E-state index in [9.17, 15) is 13.2 Å². The second kappa shape index (κ2) is 7.10. The molecule has 0 aliphatic rings. The molecule has 1 aromatic heterocycles. The highest BCUT2D eigenvalue weighted by molar-refractivity contribution is 7.92. The molecule has 0 aliphatic carbocycles. The first kappa shape index (κ1) is 15.4. The third-order valence-corrected chi connectivity index (χ3v) is 3.38. The van der Waals surface area contributed by atoms with Crippen LogP contribution in [0.5, 0.6) is 0 Å². The Morgan fingerprint density at radius 2 is 2.26 bits per heavy atom. The SMILES string of the molecule is CCOCCS(=O)(=O)Nc1cnn(CC(=O)OC)c1. The summed E-state index contributed by atoms with van der Waals surface area (Å²) in [7, 11) is -2.21. The van der Waals surface area contributed by atoms with Crippen LogP contribution in [-0.2, 0) is 30.8 Å². The number of aromatic nitrogens is 2. The van der Waals surface area contributed by atoms with Gasteiger partial charge in [-0.15, -0.1) is 0 Å². The van der Waals surface area contributed by atoms with E-state index in [1.165, 1.54) is 24.2 Å². The summed E-state index contributed by atoms with van der Waals surface area (Å²) in [4.78, 5) is 11.0. The summed E-state index contributed by atoms with van der Waals surface area (Å²) < 4.78 is 36.4. The number of carbonyl (C=O) groups excluding carboxylic acids is 1. The molecule has 1 N–H and O–H groups in total. The van der Waals surface area contributed by atoms with Crippen molar-refractivity contribution < 1.29 is 22.7 Å². The van der Waals surface area contributed by atoms with Gasteiger partial charge < -0.3 is 9.47 Å². The van der Waals surface area contributed by atoms with Gasteiger partial charge in [-0.05, 0) is 6.92 Å². The molecule has 0 spiro atoms. The standard InChI is InChI=1S/C10H17N3O5S/c1-3-18-4-5-19(15,16)12-9-6-11-13(7-9)8-10(14)17-2/h6-7,12H,3-5,8H2,1-2H3. The molecule has 1 rings (SSSR count). The highest BCUT2D eigenvalue weighted by Crippen LogP contribution is 2.07. The first-order valence-corrected chi connectivity index (χ1v) is 7.29. The summed E-state index contributed by atoms with van der Waals surface area (Å²) in [6.45, 7) is 2.31. The van der Waals surface area contributed by atoms with Gasteiger partial charge >= 0.3 is 5.97 Å². The Bertz CT molecular complexity index is 511. The van der Waals surface area contributed by atoms with E-state index < -0.39 is 16.0 Å². The zero-order chi connectivity index (χ0) is 14.3. The minimum absolute atomic E-state index is 0.0722. The monoisotopic (exact) mass is 291 g/mol. The maximum Gasteiger partial charge on any atom is 0.327 e. The average Bonchev–Trinajstić information content (AvgIpc) is 2.75. The van der Waals surface area contributed by atoms with Crippen molar-refractivity contribution in [1.29, 1.82) is 0 Å². The van der Waals surface area contributed by atoms with Gasteiger partial charge in [-0.2, -0.15) is 5.10 Å². The Hall–Kier alpha value is -1.61. The van der Waals surface area contributed by atoms with Gasteiger partial charge in [0.15, 0.2) is 0 Å². The third-order valence-electron chi connectivity index (χ3n) is 2.13. The van der Waals surface area contributed by atoms with Crippen LogP contribution in [0, 0.1) is 0 Å². The number of anilines is 1. The van der Waals surface area contributed by atoms with Crippen LogP contribution in [-0.4, -0.2) is 50.2 Å². The molecule has 9 heteroatoms. The van der Waals surface area contributed by atoms with Crippen molar-refractivity contribution >= 4 is 21.7 Å². The van der Waals surface area contributed by atoms with Crippen molar-refractivity contribution in [2.24, 2.45) is 0 Å². The van der Waals surface area contributed by atoms with E-state index in [1.54, 1.807) is 6.92 Å². The lowest BCUT2D eigenvalue weighted by atomic mass is 10.6. The number of hydrogen-bond donors (Lipinski definition) is 1. The summed E-state index contributed by atoms with van der Waals surface area (Å²) >= 11 is 0. The van der Waals surface area contributed by atoms with Gasteiger partial charge in [0, 0.05) is 12.8 Å². The Morgan fingerprint density at radius 1 is 1.53 bits per heavy atom. The smallest absolute Gasteiger partial charge is 0.327 e. The Labute approximate surface area is 111 Å². The van der Waals surface area contributed by atoms with E-state index in [0.29, 0.717) is 12.3 Å². The lowest BCUT2D eigenvalue weighted by Crippen LogP contribution is -2.20. The molecule has 108 valence electrons. The quantitative estimate of drug-likeness (QED) is 0.527. The first-order valence-electron chi connectivity index (χ1n) is 5.64. The zero-order valence-electron chi connectivity index (χ0n) is 10.8. The van der Waals surface area contributed by atoms with Gasteiger partial charge in [0.1, 0.15) is 6.54 Å². The number of rotatable bonds is 8. The van der Waals surface area contributed by atoms with Crippen LogP contribution >= 0.6 is 0 Å². The van der Waals surface area contributed by atoms with E-state index in [4.69, 9.17) is 4.74 Å². The van der Waals surface area contributed by atoms with Crippen LogP contribution in [0.4, 0.5) is 5.69 Å². The number of methoxy groups -OCH3 is 1. The zero-order valence-corrected chi connectivity index (χ0v) is 11.6. The largest absolute Gasteiger partial charge is 0.468 e. The summed E-state index contributed by atoms with van der Waals surface area (Å²) in [5, 5.41) is 3.84. The first-order chi connectivity index (χ1) is 8.96. The van der Waals surface area contributed by atoms with Gasteiger partial charge in [0.25, 0.3) is 0 Å². The molecule has 0 radical (unpaired) electrons. The summed E-state index contributed by atoms with van der Waals surface area (Å²) in [5.74, 6) is -0.600. The van der Waals surface area contributed by atoms with Crippen molar-refractivity contribution in [3.05, 3.63) is 12.4 Å². The molecule has 0 saturated heterocycles. The molecule has 1 heterocycles. The normalized spacial score (nSPS) is 11.3. The molecular weight excluding hydrogens is 274 g/mol. The minimum Gasteiger partial charge on any atom is -0.468 e. The number of nitrogens with zero attached hydrogens (tertiary/aromatic N) is 2. The van der Waals surface area contributed by atoms with E-state index in [-0.39, 0.29) is 18.9 Å². The summed E-state index contributed by atoms with van der Waals surface area (Å²) in [6, 6.07) is 0. The van der Waals surface area contributed by atoms with Crippen LogP contribution in [0.2, 0.25) is 0 Å². The average molecular weight is 291 g/mol. The second-order valence-corrected chi connectivity index (χ2v) is 5.46. The lowest BCUT2D eigenvalue weighted by Gasteiger charge is -2.05. The highest BCUT2D eigenvalue weighted by Gasteiger charge is 2.12. The molecule has 1 aromatic rings. The van der Waals surface area contributed by atoms with Crippen LogP contribution in [0.3, 0.4) is 0 Å². The maximum absolute atomic E-state index is 11.6. The van der Waals surface area contributed by atoms with Crippen molar-refractivity contribution in [2.75, 3.05) is 30.8 Å². The van der Waals surface area contributed by atoms with E-state index in [0.717, 1.165) is 0 Å². The molecule has 0 aromatic carbocycles. The minimum atomic E-state index is -3.47. The van der Waals surface area contributed by atoms with Crippen LogP contribution < -0.4 is 4.72 Å². The highest BCUT2D eigenvalue weighted by atomic mass is 32.2. The molecule has 0 atom stereocenters. The third kappa shape index (κ3) is 5.71. The number of nitrogens with one attached hydrogen (secondary N) is 1. The van der Waals surface area contributed by atoms with Gasteiger partial charge in [-0.1, -0.05) is 0 Å². The number of ether oxygens (including phenoxy) is 2. The molecule has 0 bridgehead atoms. The van der Waals surface area contributed by atoms with E-state index in [1.807, 2.05) is 0 Å². The van der Waals surface area contributed by atoms with E-state index >= 15 is 0 Å². The van der Waals surface area contributed by atoms with Crippen molar-refractivity contribution in [3.8, 4) is 0 Å². The molecule has 0 aliphatic heterocycles. The van der Waals surface area contributed by atoms with Crippen LogP contribution in [0.15, 0.2) is 12.4 Å². The predicted molar refractivity (Wildman–Crippen MR) is 68.1 cm³/mol. The van der Waals surface area contributed by atoms with Gasteiger partial charge in [-0.3, -0.25) is 14.2 Å².